The van der Waals surface area contributed by atoms with Crippen LogP contribution in [0.3, 0.4) is 0 Å². The number of anilines is 1. The highest BCUT2D eigenvalue weighted by Gasteiger charge is 2.07. The lowest BCUT2D eigenvalue weighted by molar-refractivity contribution is -0.116. The van der Waals surface area contributed by atoms with E-state index in [1.807, 2.05) is 6.92 Å². The van der Waals surface area contributed by atoms with Crippen molar-refractivity contribution in [1.82, 2.24) is 9.97 Å². The summed E-state index contributed by atoms with van der Waals surface area (Å²) in [6, 6.07) is 1.79. The molecule has 0 saturated heterocycles. The fraction of sp³-hybridized carbons (Fsp3) is 0.375. The second-order valence-corrected chi connectivity index (χ2v) is 2.58. The predicted octanol–water partition coefficient (Wildman–Crippen LogP) is 0.768. The zero-order valence-electron chi connectivity index (χ0n) is 7.40. The van der Waals surface area contributed by atoms with Crippen LogP contribution in [0.5, 0.6) is 0 Å². The molecular formula is C8H11N3O. The molecule has 0 radical (unpaired) electrons. The molecule has 12 heavy (non-hydrogen) atoms. The molecule has 64 valence electrons. The van der Waals surface area contributed by atoms with E-state index in [-0.39, 0.29) is 5.91 Å². The lowest BCUT2D eigenvalue weighted by atomic mass is 10.4. The molecule has 1 aromatic heterocycles. The van der Waals surface area contributed by atoms with E-state index in [2.05, 4.69) is 9.97 Å². The maximum absolute atomic E-state index is 10.9. The number of amides is 1. The lowest BCUT2D eigenvalue weighted by Crippen LogP contribution is -2.25. The average Bonchev–Trinajstić information content (AvgIpc) is 2.03. The Balaban J connectivity index is 2.95. The van der Waals surface area contributed by atoms with Gasteiger partial charge in [0.15, 0.2) is 0 Å². The van der Waals surface area contributed by atoms with Crippen LogP contribution in [0.4, 0.5) is 5.95 Å². The summed E-state index contributed by atoms with van der Waals surface area (Å²) in [7, 11) is 1.65. The van der Waals surface area contributed by atoms with Gasteiger partial charge in [-0.15, -0.1) is 0 Å². The highest BCUT2D eigenvalue weighted by atomic mass is 16.2. The first kappa shape index (κ1) is 8.64. The molecule has 0 aliphatic carbocycles. The number of rotatable bonds is 1. The minimum atomic E-state index is -0.0689. The van der Waals surface area contributed by atoms with E-state index in [4.69, 9.17) is 0 Å². The Morgan fingerprint density at radius 1 is 1.58 bits per heavy atom. The summed E-state index contributed by atoms with van der Waals surface area (Å²) in [5.74, 6) is 0.378. The Hall–Kier alpha value is -1.45. The lowest BCUT2D eigenvalue weighted by Gasteiger charge is -2.11. The molecule has 0 fully saturated rings. The van der Waals surface area contributed by atoms with Gasteiger partial charge in [0.1, 0.15) is 0 Å². The fourth-order valence-electron chi connectivity index (χ4n) is 0.738. The van der Waals surface area contributed by atoms with E-state index in [0.717, 1.165) is 5.69 Å². The first-order valence-electron chi connectivity index (χ1n) is 3.65. The van der Waals surface area contributed by atoms with Crippen LogP contribution in [0, 0.1) is 6.92 Å². The SMILES string of the molecule is CC(=O)N(C)c1nccc(C)n1. The Morgan fingerprint density at radius 2 is 2.25 bits per heavy atom. The van der Waals surface area contributed by atoms with Gasteiger partial charge < -0.3 is 0 Å². The topological polar surface area (TPSA) is 46.1 Å². The summed E-state index contributed by atoms with van der Waals surface area (Å²) < 4.78 is 0. The van der Waals surface area contributed by atoms with Crippen molar-refractivity contribution in [2.24, 2.45) is 0 Å². The van der Waals surface area contributed by atoms with Crippen LogP contribution in [0.1, 0.15) is 12.6 Å². The molecule has 0 atom stereocenters. The first-order chi connectivity index (χ1) is 5.61. The van der Waals surface area contributed by atoms with Gasteiger partial charge in [-0.05, 0) is 13.0 Å². The van der Waals surface area contributed by atoms with Gasteiger partial charge in [-0.2, -0.15) is 0 Å². The molecular weight excluding hydrogens is 154 g/mol. The highest BCUT2D eigenvalue weighted by molar-refractivity contribution is 5.88. The molecule has 1 rings (SSSR count). The second kappa shape index (κ2) is 3.30. The second-order valence-electron chi connectivity index (χ2n) is 2.58. The quantitative estimate of drug-likeness (QED) is 0.617. The van der Waals surface area contributed by atoms with Crippen molar-refractivity contribution in [2.45, 2.75) is 13.8 Å². The van der Waals surface area contributed by atoms with E-state index in [0.29, 0.717) is 5.95 Å². The number of nitrogens with zero attached hydrogens (tertiary/aromatic N) is 3. The van der Waals surface area contributed by atoms with E-state index in [1.54, 1.807) is 19.3 Å². The van der Waals surface area contributed by atoms with Crippen molar-refractivity contribution in [3.05, 3.63) is 18.0 Å². The molecule has 0 N–H and O–H groups in total. The van der Waals surface area contributed by atoms with Crippen LogP contribution in [0.2, 0.25) is 0 Å². The summed E-state index contributed by atoms with van der Waals surface area (Å²) in [6.45, 7) is 3.34. The van der Waals surface area contributed by atoms with E-state index >= 15 is 0 Å². The molecule has 0 spiro atoms. The maximum atomic E-state index is 10.9. The summed E-state index contributed by atoms with van der Waals surface area (Å²) >= 11 is 0. The average molecular weight is 165 g/mol. The van der Waals surface area contributed by atoms with Gasteiger partial charge in [0.25, 0.3) is 0 Å². The van der Waals surface area contributed by atoms with Gasteiger partial charge >= 0.3 is 0 Å². The highest BCUT2D eigenvalue weighted by Crippen LogP contribution is 2.04. The maximum Gasteiger partial charge on any atom is 0.232 e. The van der Waals surface area contributed by atoms with E-state index in [1.165, 1.54) is 11.8 Å². The normalized spacial score (nSPS) is 9.58. The van der Waals surface area contributed by atoms with Crippen molar-refractivity contribution in [3.63, 3.8) is 0 Å². The summed E-state index contributed by atoms with van der Waals surface area (Å²) in [5.41, 5.74) is 0.855. The minimum absolute atomic E-state index is 0.0689. The van der Waals surface area contributed by atoms with Crippen molar-refractivity contribution >= 4 is 11.9 Å². The third kappa shape index (κ3) is 1.78. The predicted molar refractivity (Wildman–Crippen MR) is 45.9 cm³/mol. The molecule has 1 aromatic rings. The molecule has 0 unspecified atom stereocenters. The third-order valence-corrected chi connectivity index (χ3v) is 1.55. The molecule has 1 amide bonds. The van der Waals surface area contributed by atoms with Gasteiger partial charge in [-0.3, -0.25) is 9.69 Å². The summed E-state index contributed by atoms with van der Waals surface area (Å²) in [4.78, 5) is 20.4. The number of aryl methyl sites for hydroxylation is 1. The van der Waals surface area contributed by atoms with E-state index < -0.39 is 0 Å². The zero-order valence-corrected chi connectivity index (χ0v) is 7.40. The van der Waals surface area contributed by atoms with Crippen LogP contribution >= 0.6 is 0 Å². The molecule has 0 aromatic carbocycles. The molecule has 0 aliphatic rings. The van der Waals surface area contributed by atoms with Gasteiger partial charge in [0.2, 0.25) is 11.9 Å². The number of hydrogen-bond donors (Lipinski definition) is 0. The van der Waals surface area contributed by atoms with Gasteiger partial charge in [-0.1, -0.05) is 0 Å². The Morgan fingerprint density at radius 3 is 2.75 bits per heavy atom. The smallest absolute Gasteiger partial charge is 0.232 e. The third-order valence-electron chi connectivity index (χ3n) is 1.55. The van der Waals surface area contributed by atoms with Crippen LogP contribution in [-0.2, 0) is 4.79 Å². The Bertz CT molecular complexity index is 298. The Labute approximate surface area is 71.3 Å². The number of carbonyl (C=O) groups is 1. The molecule has 1 heterocycles. The largest absolute Gasteiger partial charge is 0.284 e. The molecule has 4 nitrogen and oxygen atoms in total. The van der Waals surface area contributed by atoms with Crippen LogP contribution in [0.25, 0.3) is 0 Å². The summed E-state index contributed by atoms with van der Waals surface area (Å²) in [5, 5.41) is 0. The standard InChI is InChI=1S/C8H11N3O/c1-6-4-5-9-8(10-6)11(3)7(2)12/h4-5H,1-3H3. The van der Waals surface area contributed by atoms with Crippen molar-refractivity contribution in [2.75, 3.05) is 11.9 Å². The van der Waals surface area contributed by atoms with E-state index in [9.17, 15) is 4.79 Å². The summed E-state index contributed by atoms with van der Waals surface area (Å²) in [6.07, 6.45) is 1.64. The van der Waals surface area contributed by atoms with Crippen molar-refractivity contribution < 1.29 is 4.79 Å². The fourth-order valence-corrected chi connectivity index (χ4v) is 0.738. The molecule has 4 heteroatoms. The number of carbonyl (C=O) groups excluding carboxylic acids is 1. The van der Waals surface area contributed by atoms with Crippen LogP contribution < -0.4 is 4.90 Å². The minimum Gasteiger partial charge on any atom is -0.284 e. The molecule has 0 aliphatic heterocycles. The van der Waals surface area contributed by atoms with Gasteiger partial charge in [0.05, 0.1) is 0 Å². The number of aromatic nitrogens is 2. The van der Waals surface area contributed by atoms with Gasteiger partial charge in [0, 0.05) is 25.9 Å². The van der Waals surface area contributed by atoms with Crippen molar-refractivity contribution in [1.29, 1.82) is 0 Å². The van der Waals surface area contributed by atoms with Crippen LogP contribution in [-0.4, -0.2) is 22.9 Å². The first-order valence-corrected chi connectivity index (χ1v) is 3.65. The van der Waals surface area contributed by atoms with Crippen LogP contribution in [0.15, 0.2) is 12.3 Å². The molecule has 0 saturated carbocycles. The van der Waals surface area contributed by atoms with Gasteiger partial charge in [-0.25, -0.2) is 9.97 Å². The van der Waals surface area contributed by atoms with Crippen molar-refractivity contribution in [3.8, 4) is 0 Å². The zero-order chi connectivity index (χ0) is 9.14. The monoisotopic (exact) mass is 165 g/mol. The molecule has 0 bridgehead atoms. The Kier molecular flexibility index (Phi) is 2.38. The number of hydrogen-bond acceptors (Lipinski definition) is 3.